The average molecular weight is 399 g/mol. The number of carbonyl (C=O) groups is 3. The Bertz CT molecular complexity index is 814. The molecule has 3 atom stereocenters. The van der Waals surface area contributed by atoms with Crippen molar-refractivity contribution in [1.82, 2.24) is 10.6 Å². The lowest BCUT2D eigenvalue weighted by molar-refractivity contribution is -0.142. The molecular weight excluding hydrogens is 374 g/mol. The molecule has 0 aliphatic carbocycles. The second-order valence-corrected chi connectivity index (χ2v) is 6.63. The topological polar surface area (TPSA) is 142 Å². The van der Waals surface area contributed by atoms with Gasteiger partial charge in [-0.15, -0.1) is 0 Å². The van der Waals surface area contributed by atoms with Crippen molar-refractivity contribution in [3.8, 4) is 0 Å². The molecule has 8 heteroatoms. The molecule has 2 rings (SSSR count). The van der Waals surface area contributed by atoms with E-state index in [4.69, 9.17) is 5.73 Å². The molecule has 8 nitrogen and oxygen atoms in total. The van der Waals surface area contributed by atoms with Gasteiger partial charge in [0, 0.05) is 6.42 Å². The van der Waals surface area contributed by atoms with Gasteiger partial charge in [0.2, 0.25) is 11.8 Å². The summed E-state index contributed by atoms with van der Waals surface area (Å²) in [5, 5.41) is 23.6. The number of hydrogen-bond acceptors (Lipinski definition) is 5. The average Bonchev–Trinajstić information content (AvgIpc) is 2.72. The van der Waals surface area contributed by atoms with E-state index in [0.29, 0.717) is 0 Å². The Labute approximate surface area is 168 Å². The van der Waals surface area contributed by atoms with Crippen LogP contribution in [-0.4, -0.2) is 52.7 Å². The third kappa shape index (κ3) is 7.02. The van der Waals surface area contributed by atoms with Crippen LogP contribution in [0, 0.1) is 0 Å². The highest BCUT2D eigenvalue weighted by Crippen LogP contribution is 2.05. The minimum atomic E-state index is -1.30. The first kappa shape index (κ1) is 22.1. The van der Waals surface area contributed by atoms with Gasteiger partial charge in [0.1, 0.15) is 12.1 Å². The van der Waals surface area contributed by atoms with Crippen LogP contribution in [-0.2, 0) is 27.2 Å². The van der Waals surface area contributed by atoms with E-state index < -0.39 is 42.5 Å². The first-order valence-corrected chi connectivity index (χ1v) is 9.18. The van der Waals surface area contributed by atoms with Crippen molar-refractivity contribution in [2.75, 3.05) is 6.61 Å². The van der Waals surface area contributed by atoms with Gasteiger partial charge in [-0.05, 0) is 17.5 Å². The summed E-state index contributed by atoms with van der Waals surface area (Å²) in [6.45, 7) is -0.687. The van der Waals surface area contributed by atoms with E-state index in [-0.39, 0.29) is 12.8 Å². The summed E-state index contributed by atoms with van der Waals surface area (Å²) in [4.78, 5) is 36.2. The number of nitrogens with two attached hydrogens (primary N) is 1. The van der Waals surface area contributed by atoms with E-state index >= 15 is 0 Å². The number of carboxylic acids is 1. The predicted molar refractivity (Wildman–Crippen MR) is 107 cm³/mol. The van der Waals surface area contributed by atoms with Crippen LogP contribution in [0.1, 0.15) is 11.1 Å². The lowest BCUT2D eigenvalue weighted by atomic mass is 10.0. The Morgan fingerprint density at radius 2 is 1.28 bits per heavy atom. The first-order chi connectivity index (χ1) is 13.9. The zero-order chi connectivity index (χ0) is 21.2. The first-order valence-electron chi connectivity index (χ1n) is 9.18. The standard InChI is InChI=1S/C21H25N3O5/c22-16(11-14-7-3-1-4-8-14)19(26)24-18(13-25)20(27)23-17(21(28)29)12-15-9-5-2-6-10-15/h1-10,16-18,25H,11-13,22H2,(H,23,27)(H,24,26)(H,28,29). The summed E-state index contributed by atoms with van der Waals surface area (Å²) in [6.07, 6.45) is 0.333. The second-order valence-electron chi connectivity index (χ2n) is 6.63. The summed E-state index contributed by atoms with van der Waals surface area (Å²) >= 11 is 0. The summed E-state index contributed by atoms with van der Waals surface area (Å²) in [5.74, 6) is -2.62. The van der Waals surface area contributed by atoms with E-state index in [1.54, 1.807) is 30.3 Å². The molecule has 0 aliphatic heterocycles. The molecule has 6 N–H and O–H groups in total. The van der Waals surface area contributed by atoms with Crippen LogP contribution in [0.5, 0.6) is 0 Å². The monoisotopic (exact) mass is 399 g/mol. The molecule has 0 fully saturated rings. The Morgan fingerprint density at radius 1 is 0.793 bits per heavy atom. The van der Waals surface area contributed by atoms with E-state index in [9.17, 15) is 24.6 Å². The number of benzene rings is 2. The SMILES string of the molecule is NC(Cc1ccccc1)C(=O)NC(CO)C(=O)NC(Cc1ccccc1)C(=O)O. The molecule has 0 bridgehead atoms. The number of nitrogens with one attached hydrogen (secondary N) is 2. The smallest absolute Gasteiger partial charge is 0.326 e. The molecule has 0 saturated heterocycles. The van der Waals surface area contributed by atoms with Crippen LogP contribution in [0.15, 0.2) is 60.7 Å². The van der Waals surface area contributed by atoms with Crippen molar-refractivity contribution in [3.05, 3.63) is 71.8 Å². The van der Waals surface area contributed by atoms with Crippen LogP contribution in [0.2, 0.25) is 0 Å². The third-order valence-corrected chi connectivity index (χ3v) is 4.35. The Kier molecular flexibility index (Phi) is 8.32. The maximum absolute atomic E-state index is 12.4. The summed E-state index contributed by atoms with van der Waals surface area (Å²) in [7, 11) is 0. The molecule has 0 saturated carbocycles. The van der Waals surface area contributed by atoms with Gasteiger partial charge in [0.15, 0.2) is 0 Å². The van der Waals surface area contributed by atoms with Crippen LogP contribution < -0.4 is 16.4 Å². The maximum Gasteiger partial charge on any atom is 0.326 e. The number of rotatable bonds is 10. The largest absolute Gasteiger partial charge is 0.480 e. The van der Waals surface area contributed by atoms with Crippen molar-refractivity contribution >= 4 is 17.8 Å². The minimum absolute atomic E-state index is 0.0710. The predicted octanol–water partition coefficient (Wildman–Crippen LogP) is -0.154. The Hall–Kier alpha value is -3.23. The molecule has 29 heavy (non-hydrogen) atoms. The number of aliphatic hydroxyl groups excluding tert-OH is 1. The van der Waals surface area contributed by atoms with E-state index in [0.717, 1.165) is 11.1 Å². The molecular formula is C21H25N3O5. The van der Waals surface area contributed by atoms with Gasteiger partial charge in [0.25, 0.3) is 0 Å². The van der Waals surface area contributed by atoms with Crippen LogP contribution in [0.25, 0.3) is 0 Å². The number of carbonyl (C=O) groups excluding carboxylic acids is 2. The number of hydrogen-bond donors (Lipinski definition) is 5. The zero-order valence-electron chi connectivity index (χ0n) is 15.8. The molecule has 154 valence electrons. The summed E-state index contributed by atoms with van der Waals surface area (Å²) in [6, 6.07) is 14.5. The number of aliphatic hydroxyl groups is 1. The molecule has 0 heterocycles. The number of carboxylic acid groups (broad SMARTS) is 1. The third-order valence-electron chi connectivity index (χ3n) is 4.35. The highest BCUT2D eigenvalue weighted by Gasteiger charge is 2.27. The summed E-state index contributed by atoms with van der Waals surface area (Å²) in [5.41, 5.74) is 7.47. The van der Waals surface area contributed by atoms with Gasteiger partial charge >= 0.3 is 5.97 Å². The minimum Gasteiger partial charge on any atom is -0.480 e. The van der Waals surface area contributed by atoms with Gasteiger partial charge in [-0.2, -0.15) is 0 Å². The molecule has 2 amide bonds. The fraction of sp³-hybridized carbons (Fsp3) is 0.286. The van der Waals surface area contributed by atoms with Crippen molar-refractivity contribution in [2.45, 2.75) is 31.0 Å². The zero-order valence-corrected chi connectivity index (χ0v) is 15.8. The van der Waals surface area contributed by atoms with E-state index in [2.05, 4.69) is 10.6 Å². The quantitative estimate of drug-likeness (QED) is 0.376. The Balaban J connectivity index is 1.95. The van der Waals surface area contributed by atoms with Crippen LogP contribution in [0.3, 0.4) is 0 Å². The van der Waals surface area contributed by atoms with Crippen molar-refractivity contribution < 1.29 is 24.6 Å². The second kappa shape index (κ2) is 10.9. The van der Waals surface area contributed by atoms with Crippen molar-refractivity contribution in [1.29, 1.82) is 0 Å². The molecule has 0 spiro atoms. The van der Waals surface area contributed by atoms with Crippen LogP contribution in [0.4, 0.5) is 0 Å². The van der Waals surface area contributed by atoms with Crippen molar-refractivity contribution in [3.63, 3.8) is 0 Å². The van der Waals surface area contributed by atoms with Crippen LogP contribution >= 0.6 is 0 Å². The lowest BCUT2D eigenvalue weighted by Crippen LogP contribution is -2.56. The highest BCUT2D eigenvalue weighted by molar-refractivity contribution is 5.92. The van der Waals surface area contributed by atoms with Gasteiger partial charge in [-0.3, -0.25) is 9.59 Å². The fourth-order valence-corrected chi connectivity index (χ4v) is 2.76. The molecule has 0 aliphatic rings. The lowest BCUT2D eigenvalue weighted by Gasteiger charge is -2.21. The highest BCUT2D eigenvalue weighted by atomic mass is 16.4. The molecule has 3 unspecified atom stereocenters. The van der Waals surface area contributed by atoms with Gasteiger partial charge < -0.3 is 26.6 Å². The van der Waals surface area contributed by atoms with Gasteiger partial charge in [-0.25, -0.2) is 4.79 Å². The maximum atomic E-state index is 12.4. The Morgan fingerprint density at radius 3 is 1.76 bits per heavy atom. The van der Waals surface area contributed by atoms with Gasteiger partial charge in [0.05, 0.1) is 12.6 Å². The van der Waals surface area contributed by atoms with Crippen molar-refractivity contribution in [2.24, 2.45) is 5.73 Å². The normalized spacial score (nSPS) is 13.7. The fourth-order valence-electron chi connectivity index (χ4n) is 2.76. The van der Waals surface area contributed by atoms with E-state index in [1.807, 2.05) is 30.3 Å². The summed E-state index contributed by atoms with van der Waals surface area (Å²) < 4.78 is 0. The number of amides is 2. The molecule has 0 aromatic heterocycles. The number of aliphatic carboxylic acids is 1. The van der Waals surface area contributed by atoms with E-state index in [1.165, 1.54) is 0 Å². The molecule has 2 aromatic rings. The molecule has 0 radical (unpaired) electrons. The van der Waals surface area contributed by atoms with Gasteiger partial charge in [-0.1, -0.05) is 60.7 Å². The molecule has 2 aromatic carbocycles.